The van der Waals surface area contributed by atoms with Gasteiger partial charge in [-0.05, 0) is 48.9 Å². The topological polar surface area (TPSA) is 61.4 Å². The maximum Gasteiger partial charge on any atom is 0.319 e. The van der Waals surface area contributed by atoms with Crippen molar-refractivity contribution in [1.82, 2.24) is 5.32 Å². The van der Waals surface area contributed by atoms with Crippen LogP contribution in [-0.2, 0) is 4.79 Å². The zero-order valence-corrected chi connectivity index (χ0v) is 13.7. The molecule has 1 unspecified atom stereocenters. The lowest BCUT2D eigenvalue weighted by atomic mass is 10.2. The van der Waals surface area contributed by atoms with Gasteiger partial charge in [0.25, 0.3) is 0 Å². The van der Waals surface area contributed by atoms with Crippen molar-refractivity contribution in [1.29, 1.82) is 0 Å². The van der Waals surface area contributed by atoms with Crippen LogP contribution < -0.4 is 15.5 Å². The monoisotopic (exact) mass is 365 g/mol. The number of rotatable bonds is 3. The Balaban J connectivity index is 1.61. The van der Waals surface area contributed by atoms with Gasteiger partial charge in [0.15, 0.2) is 0 Å². The first-order valence-electron chi connectivity index (χ1n) is 7.53. The molecule has 0 bridgehead atoms. The van der Waals surface area contributed by atoms with Gasteiger partial charge in [0.1, 0.15) is 17.7 Å². The molecule has 130 valence electrons. The summed E-state index contributed by atoms with van der Waals surface area (Å²) in [6, 6.07) is 8.05. The number of hydrogen-bond acceptors (Lipinski definition) is 2. The van der Waals surface area contributed by atoms with Gasteiger partial charge >= 0.3 is 6.03 Å². The fourth-order valence-electron chi connectivity index (χ4n) is 2.59. The minimum Gasteiger partial charge on any atom is -0.326 e. The third kappa shape index (κ3) is 3.88. The van der Waals surface area contributed by atoms with E-state index in [1.165, 1.54) is 41.3 Å². The summed E-state index contributed by atoms with van der Waals surface area (Å²) in [7, 11) is 0. The lowest BCUT2D eigenvalue weighted by Crippen LogP contribution is -2.43. The van der Waals surface area contributed by atoms with Gasteiger partial charge in [-0.1, -0.05) is 11.6 Å². The molecule has 0 aliphatic carbocycles. The standard InChI is InChI=1S/C17H14ClF2N3O2/c18-13-9-11(3-6-14(13)20)21-17(25)22-15-7-8-23(16(15)24)12-4-1-10(19)2-5-12/h1-6,9,15H,7-8H2,(H2,21,22,25). The lowest BCUT2D eigenvalue weighted by Gasteiger charge is -2.17. The van der Waals surface area contributed by atoms with Crippen LogP contribution in [0.5, 0.6) is 0 Å². The second-order valence-corrected chi connectivity index (χ2v) is 5.94. The van der Waals surface area contributed by atoms with Gasteiger partial charge in [0, 0.05) is 17.9 Å². The predicted octanol–water partition coefficient (Wildman–Crippen LogP) is 3.55. The Hall–Kier alpha value is -2.67. The minimum atomic E-state index is -0.694. The molecule has 5 nitrogen and oxygen atoms in total. The summed E-state index contributed by atoms with van der Waals surface area (Å²) in [5.41, 5.74) is 0.881. The number of hydrogen-bond donors (Lipinski definition) is 2. The van der Waals surface area contributed by atoms with E-state index in [0.29, 0.717) is 24.3 Å². The Morgan fingerprint density at radius 2 is 1.88 bits per heavy atom. The smallest absolute Gasteiger partial charge is 0.319 e. The molecule has 0 aromatic heterocycles. The van der Waals surface area contributed by atoms with E-state index in [2.05, 4.69) is 10.6 Å². The average molecular weight is 366 g/mol. The lowest BCUT2D eigenvalue weighted by molar-refractivity contribution is -0.118. The van der Waals surface area contributed by atoms with E-state index in [1.807, 2.05) is 0 Å². The van der Waals surface area contributed by atoms with Crippen molar-refractivity contribution in [3.05, 3.63) is 59.1 Å². The third-order valence-corrected chi connectivity index (χ3v) is 4.12. The van der Waals surface area contributed by atoms with Gasteiger partial charge in [0.2, 0.25) is 5.91 Å². The van der Waals surface area contributed by atoms with Crippen LogP contribution in [0, 0.1) is 11.6 Å². The molecule has 1 aliphatic heterocycles. The molecule has 1 atom stereocenters. The highest BCUT2D eigenvalue weighted by Gasteiger charge is 2.33. The van der Waals surface area contributed by atoms with Crippen LogP contribution in [0.4, 0.5) is 25.0 Å². The molecule has 2 N–H and O–H groups in total. The zero-order chi connectivity index (χ0) is 18.0. The largest absolute Gasteiger partial charge is 0.326 e. The van der Waals surface area contributed by atoms with E-state index >= 15 is 0 Å². The maximum atomic E-state index is 13.1. The van der Waals surface area contributed by atoms with Crippen LogP contribution in [0.25, 0.3) is 0 Å². The Labute approximate surface area is 147 Å². The van der Waals surface area contributed by atoms with Crippen LogP contribution in [0.15, 0.2) is 42.5 Å². The Kier molecular flexibility index (Phi) is 4.85. The first kappa shape index (κ1) is 17.2. The molecule has 3 amide bonds. The van der Waals surface area contributed by atoms with Gasteiger partial charge in [0.05, 0.1) is 5.02 Å². The summed E-state index contributed by atoms with van der Waals surface area (Å²) >= 11 is 5.65. The highest BCUT2D eigenvalue weighted by atomic mass is 35.5. The summed E-state index contributed by atoms with van der Waals surface area (Å²) in [4.78, 5) is 25.9. The number of amides is 3. The second kappa shape index (κ2) is 7.06. The third-order valence-electron chi connectivity index (χ3n) is 3.83. The van der Waals surface area contributed by atoms with Crippen molar-refractivity contribution in [2.24, 2.45) is 0 Å². The summed E-state index contributed by atoms with van der Waals surface area (Å²) in [6.45, 7) is 0.414. The minimum absolute atomic E-state index is 0.114. The molecule has 0 saturated carbocycles. The normalized spacial score (nSPS) is 16.8. The van der Waals surface area contributed by atoms with Crippen LogP contribution in [0.1, 0.15) is 6.42 Å². The maximum absolute atomic E-state index is 13.1. The Bertz CT molecular complexity index is 814. The van der Waals surface area contributed by atoms with Gasteiger partial charge in [-0.2, -0.15) is 0 Å². The van der Waals surface area contributed by atoms with Crippen LogP contribution in [0.2, 0.25) is 5.02 Å². The van der Waals surface area contributed by atoms with Gasteiger partial charge in [-0.15, -0.1) is 0 Å². The highest BCUT2D eigenvalue weighted by molar-refractivity contribution is 6.31. The molecule has 3 rings (SSSR count). The molecule has 1 aliphatic rings. The summed E-state index contributed by atoms with van der Waals surface area (Å²) in [5.74, 6) is -1.25. The fourth-order valence-corrected chi connectivity index (χ4v) is 2.77. The first-order valence-corrected chi connectivity index (χ1v) is 7.91. The van der Waals surface area contributed by atoms with Crippen molar-refractivity contribution in [2.45, 2.75) is 12.5 Å². The number of carbonyl (C=O) groups excluding carboxylic acids is 2. The number of nitrogens with one attached hydrogen (secondary N) is 2. The van der Waals surface area contributed by atoms with E-state index in [-0.39, 0.29) is 16.7 Å². The molecule has 2 aromatic rings. The predicted molar refractivity (Wildman–Crippen MR) is 90.7 cm³/mol. The zero-order valence-electron chi connectivity index (χ0n) is 12.9. The first-order chi connectivity index (χ1) is 11.9. The average Bonchev–Trinajstić information content (AvgIpc) is 2.93. The molecule has 1 heterocycles. The number of carbonyl (C=O) groups is 2. The molecule has 2 aromatic carbocycles. The van der Waals surface area contributed by atoms with E-state index < -0.39 is 17.9 Å². The van der Waals surface area contributed by atoms with Crippen LogP contribution in [-0.4, -0.2) is 24.5 Å². The molecule has 25 heavy (non-hydrogen) atoms. The van der Waals surface area contributed by atoms with Gasteiger partial charge in [-0.25, -0.2) is 13.6 Å². The quantitative estimate of drug-likeness (QED) is 0.873. The summed E-state index contributed by atoms with van der Waals surface area (Å²) in [6.07, 6.45) is 0.424. The molecule has 1 fully saturated rings. The molecule has 0 radical (unpaired) electrons. The van der Waals surface area contributed by atoms with Crippen molar-refractivity contribution in [2.75, 3.05) is 16.8 Å². The molecule has 1 saturated heterocycles. The molecular formula is C17H14ClF2N3O2. The Morgan fingerprint density at radius 3 is 2.56 bits per heavy atom. The van der Waals surface area contributed by atoms with E-state index in [1.54, 1.807) is 0 Å². The van der Waals surface area contributed by atoms with Crippen molar-refractivity contribution in [3.63, 3.8) is 0 Å². The molecular weight excluding hydrogens is 352 g/mol. The van der Waals surface area contributed by atoms with Crippen molar-refractivity contribution in [3.8, 4) is 0 Å². The number of anilines is 2. The summed E-state index contributed by atoms with van der Waals surface area (Å²) < 4.78 is 26.1. The second-order valence-electron chi connectivity index (χ2n) is 5.53. The molecule has 0 spiro atoms. The SMILES string of the molecule is O=C(Nc1ccc(F)c(Cl)c1)NC1CCN(c2ccc(F)cc2)C1=O. The molecule has 8 heteroatoms. The van der Waals surface area contributed by atoms with E-state index in [0.717, 1.165) is 6.07 Å². The van der Waals surface area contributed by atoms with Gasteiger partial charge in [-0.3, -0.25) is 4.79 Å². The number of urea groups is 1. The number of nitrogens with zero attached hydrogens (tertiary/aromatic N) is 1. The highest BCUT2D eigenvalue weighted by Crippen LogP contribution is 2.22. The number of benzene rings is 2. The fraction of sp³-hybridized carbons (Fsp3) is 0.176. The Morgan fingerprint density at radius 1 is 1.16 bits per heavy atom. The van der Waals surface area contributed by atoms with E-state index in [9.17, 15) is 18.4 Å². The van der Waals surface area contributed by atoms with Crippen molar-refractivity contribution < 1.29 is 18.4 Å². The van der Waals surface area contributed by atoms with Gasteiger partial charge < -0.3 is 15.5 Å². The summed E-state index contributed by atoms with van der Waals surface area (Å²) in [5, 5.41) is 4.95. The van der Waals surface area contributed by atoms with Crippen LogP contribution in [0.3, 0.4) is 0 Å². The van der Waals surface area contributed by atoms with Crippen molar-refractivity contribution >= 4 is 34.9 Å². The van der Waals surface area contributed by atoms with E-state index in [4.69, 9.17) is 11.6 Å². The van der Waals surface area contributed by atoms with Crippen LogP contribution >= 0.6 is 11.6 Å². The number of halogens is 3.